The number of hydrogen-bond donors (Lipinski definition) is 2. The summed E-state index contributed by atoms with van der Waals surface area (Å²) in [6.45, 7) is 1.90. The van der Waals surface area contributed by atoms with E-state index in [2.05, 4.69) is 15.0 Å². The largest absolute Gasteiger partial charge is 0.346 e. The lowest BCUT2D eigenvalue weighted by atomic mass is 10.1. The minimum absolute atomic E-state index is 0.120. The average Bonchev–Trinajstić information content (AvgIpc) is 2.87. The molecule has 0 aliphatic heterocycles. The van der Waals surface area contributed by atoms with Crippen molar-refractivity contribution in [1.29, 1.82) is 0 Å². The maximum atomic E-state index is 6.09. The quantitative estimate of drug-likeness (QED) is 0.820. The number of H-pyrrole nitrogens is 1. The van der Waals surface area contributed by atoms with E-state index < -0.39 is 0 Å². The Hall–Kier alpha value is -1.42. The van der Waals surface area contributed by atoms with Crippen LogP contribution >= 0.6 is 0 Å². The maximum absolute atomic E-state index is 6.09. The summed E-state index contributed by atoms with van der Waals surface area (Å²) in [5, 5.41) is 1.13. The fourth-order valence-corrected chi connectivity index (χ4v) is 2.05. The Kier molecular flexibility index (Phi) is 2.01. The number of aryl methyl sites for hydroxylation is 2. The fraction of sp³-hybridized carbons (Fsp3) is 0.500. The van der Waals surface area contributed by atoms with Gasteiger partial charge in [-0.2, -0.15) is 0 Å². The van der Waals surface area contributed by atoms with Crippen LogP contribution in [0.4, 0.5) is 0 Å². The molecule has 0 radical (unpaired) electrons. The molecule has 0 unspecified atom stereocenters. The van der Waals surface area contributed by atoms with Crippen molar-refractivity contribution in [3.8, 4) is 0 Å². The highest BCUT2D eigenvalue weighted by Crippen LogP contribution is 2.37. The first-order valence-electron chi connectivity index (χ1n) is 5.75. The van der Waals surface area contributed by atoms with Crippen LogP contribution in [0.25, 0.3) is 11.0 Å². The number of nitrogens with zero attached hydrogens (tertiary/aromatic N) is 2. The number of aromatic amines is 1. The molecule has 1 fully saturated rings. The van der Waals surface area contributed by atoms with Gasteiger partial charge in [0.2, 0.25) is 0 Å². The van der Waals surface area contributed by atoms with Crippen LogP contribution < -0.4 is 5.73 Å². The summed E-state index contributed by atoms with van der Waals surface area (Å²) in [4.78, 5) is 11.8. The van der Waals surface area contributed by atoms with E-state index in [4.69, 9.17) is 5.73 Å². The number of hydrogen-bond acceptors (Lipinski definition) is 3. The van der Waals surface area contributed by atoms with Crippen molar-refractivity contribution in [1.82, 2.24) is 15.0 Å². The molecule has 1 aliphatic carbocycles. The van der Waals surface area contributed by atoms with E-state index in [9.17, 15) is 0 Å². The Labute approximate surface area is 94.3 Å². The summed E-state index contributed by atoms with van der Waals surface area (Å²) in [6.07, 6.45) is 8.36. The van der Waals surface area contributed by atoms with Gasteiger partial charge < -0.3 is 10.7 Å². The molecule has 2 heterocycles. The second kappa shape index (κ2) is 3.28. The summed E-state index contributed by atoms with van der Waals surface area (Å²) in [6, 6.07) is 0. The molecule has 4 nitrogen and oxygen atoms in total. The van der Waals surface area contributed by atoms with Crippen LogP contribution in [-0.2, 0) is 6.42 Å². The summed E-state index contributed by atoms with van der Waals surface area (Å²) in [5.74, 6) is 0.804. The molecule has 3 N–H and O–H groups in total. The lowest BCUT2D eigenvalue weighted by Crippen LogP contribution is -2.21. The number of rotatable bonds is 3. The van der Waals surface area contributed by atoms with Crippen LogP contribution in [0.1, 0.15) is 30.7 Å². The molecule has 1 saturated carbocycles. The predicted molar refractivity (Wildman–Crippen MR) is 63.1 cm³/mol. The zero-order valence-electron chi connectivity index (χ0n) is 9.45. The predicted octanol–water partition coefficient (Wildman–Crippen LogP) is 1.69. The second-order valence-electron chi connectivity index (χ2n) is 4.86. The minimum Gasteiger partial charge on any atom is -0.346 e. The average molecular weight is 216 g/mol. The van der Waals surface area contributed by atoms with Gasteiger partial charge in [-0.15, -0.1) is 0 Å². The molecular weight excluding hydrogens is 200 g/mol. The molecule has 0 bridgehead atoms. The van der Waals surface area contributed by atoms with Crippen LogP contribution in [0, 0.1) is 6.92 Å². The zero-order valence-corrected chi connectivity index (χ0v) is 9.45. The molecule has 1 aliphatic rings. The molecular formula is C12H16N4. The second-order valence-corrected chi connectivity index (χ2v) is 4.86. The first kappa shape index (κ1) is 9.78. The van der Waals surface area contributed by atoms with E-state index in [1.165, 1.54) is 18.4 Å². The Morgan fingerprint density at radius 2 is 2.31 bits per heavy atom. The third-order valence-electron chi connectivity index (χ3n) is 3.42. The van der Waals surface area contributed by atoms with E-state index in [0.29, 0.717) is 0 Å². The van der Waals surface area contributed by atoms with Gasteiger partial charge in [0.05, 0.1) is 0 Å². The maximum Gasteiger partial charge on any atom is 0.141 e. The third-order valence-corrected chi connectivity index (χ3v) is 3.42. The van der Waals surface area contributed by atoms with E-state index in [1.54, 1.807) is 0 Å². The van der Waals surface area contributed by atoms with Crippen molar-refractivity contribution in [3.63, 3.8) is 0 Å². The van der Waals surface area contributed by atoms with Crippen LogP contribution in [-0.4, -0.2) is 20.5 Å². The molecule has 0 atom stereocenters. The number of fused-ring (bicyclic) bond motifs is 1. The topological polar surface area (TPSA) is 67.6 Å². The van der Waals surface area contributed by atoms with E-state index in [0.717, 1.165) is 29.7 Å². The Bertz CT molecular complexity index is 525. The van der Waals surface area contributed by atoms with Gasteiger partial charge in [-0.05, 0) is 38.2 Å². The molecule has 3 rings (SSSR count). The van der Waals surface area contributed by atoms with Crippen molar-refractivity contribution >= 4 is 11.0 Å². The minimum atomic E-state index is 0.120. The molecule has 4 heteroatoms. The normalized spacial score (nSPS) is 17.9. The van der Waals surface area contributed by atoms with Crippen molar-refractivity contribution in [2.24, 2.45) is 5.73 Å². The summed E-state index contributed by atoms with van der Waals surface area (Å²) >= 11 is 0. The van der Waals surface area contributed by atoms with Crippen LogP contribution in [0.15, 0.2) is 12.4 Å². The smallest absolute Gasteiger partial charge is 0.141 e. The molecule has 2 aromatic rings. The van der Waals surface area contributed by atoms with Gasteiger partial charge >= 0.3 is 0 Å². The van der Waals surface area contributed by atoms with Gasteiger partial charge in [-0.1, -0.05) is 0 Å². The van der Waals surface area contributed by atoms with Crippen molar-refractivity contribution in [2.75, 3.05) is 0 Å². The Balaban J connectivity index is 1.86. The number of nitrogens with two attached hydrogens (primary N) is 1. The van der Waals surface area contributed by atoms with Crippen molar-refractivity contribution < 1.29 is 0 Å². The number of nitrogens with one attached hydrogen (secondary N) is 1. The Morgan fingerprint density at radius 1 is 1.50 bits per heavy atom. The van der Waals surface area contributed by atoms with Gasteiger partial charge in [0.1, 0.15) is 11.5 Å². The summed E-state index contributed by atoms with van der Waals surface area (Å²) < 4.78 is 0. The van der Waals surface area contributed by atoms with Gasteiger partial charge in [-0.25, -0.2) is 9.97 Å². The van der Waals surface area contributed by atoms with Gasteiger partial charge in [0.15, 0.2) is 0 Å². The van der Waals surface area contributed by atoms with Crippen molar-refractivity contribution in [2.45, 2.75) is 38.1 Å². The molecule has 0 amide bonds. The third kappa shape index (κ3) is 1.69. The standard InChI is InChI=1S/C12H16N4/c1-8-14-7-10-9(6-15-11(10)16-8)2-3-12(13)4-5-12/h6-7H,2-5,13H2,1H3,(H,14,15,16). The molecule has 0 aromatic carbocycles. The van der Waals surface area contributed by atoms with E-state index in [1.807, 2.05) is 19.3 Å². The highest BCUT2D eigenvalue weighted by molar-refractivity contribution is 5.78. The Morgan fingerprint density at radius 3 is 3.06 bits per heavy atom. The molecule has 0 spiro atoms. The molecule has 16 heavy (non-hydrogen) atoms. The molecule has 2 aromatic heterocycles. The molecule has 0 saturated heterocycles. The van der Waals surface area contributed by atoms with Crippen LogP contribution in [0.3, 0.4) is 0 Å². The highest BCUT2D eigenvalue weighted by Gasteiger charge is 2.37. The van der Waals surface area contributed by atoms with Gasteiger partial charge in [0.25, 0.3) is 0 Å². The van der Waals surface area contributed by atoms with Gasteiger partial charge in [-0.3, -0.25) is 0 Å². The van der Waals surface area contributed by atoms with E-state index in [-0.39, 0.29) is 5.54 Å². The van der Waals surface area contributed by atoms with Gasteiger partial charge in [0, 0.05) is 23.3 Å². The zero-order chi connectivity index (χ0) is 11.2. The molecule has 84 valence electrons. The lowest BCUT2D eigenvalue weighted by Gasteiger charge is -2.06. The SMILES string of the molecule is Cc1ncc2c(CCC3(N)CC3)c[nH]c2n1. The highest BCUT2D eigenvalue weighted by atomic mass is 14.9. The van der Waals surface area contributed by atoms with E-state index >= 15 is 0 Å². The van der Waals surface area contributed by atoms with Crippen LogP contribution in [0.5, 0.6) is 0 Å². The van der Waals surface area contributed by atoms with Crippen LogP contribution in [0.2, 0.25) is 0 Å². The monoisotopic (exact) mass is 216 g/mol. The first-order chi connectivity index (χ1) is 7.66. The van der Waals surface area contributed by atoms with Crippen molar-refractivity contribution in [3.05, 3.63) is 23.8 Å². The number of aromatic nitrogens is 3. The lowest BCUT2D eigenvalue weighted by molar-refractivity contribution is 0.610. The summed E-state index contributed by atoms with van der Waals surface area (Å²) in [7, 11) is 0. The summed E-state index contributed by atoms with van der Waals surface area (Å²) in [5.41, 5.74) is 8.43. The fourth-order valence-electron chi connectivity index (χ4n) is 2.05. The first-order valence-corrected chi connectivity index (χ1v) is 5.75.